The molecule has 0 saturated carbocycles. The Morgan fingerprint density at radius 1 is 1.36 bits per heavy atom. The van der Waals surface area contributed by atoms with Gasteiger partial charge in [-0.1, -0.05) is 0 Å². The third-order valence-electron chi connectivity index (χ3n) is 2.73. The minimum Gasteiger partial charge on any atom is -0.294 e. The van der Waals surface area contributed by atoms with Gasteiger partial charge in [0.25, 0.3) is 0 Å². The molecule has 0 unspecified atom stereocenters. The zero-order valence-corrected chi connectivity index (χ0v) is 8.13. The lowest BCUT2D eigenvalue weighted by Gasteiger charge is -2.16. The summed E-state index contributed by atoms with van der Waals surface area (Å²) in [6, 6.07) is 5.67. The predicted octanol–water partition coefficient (Wildman–Crippen LogP) is 2.39. The SMILES string of the molecule is Cc1cc(C#N)cc2c1CCCC2=O. The Labute approximate surface area is 83.2 Å². The molecule has 0 aromatic heterocycles. The Morgan fingerprint density at radius 3 is 2.86 bits per heavy atom. The van der Waals surface area contributed by atoms with Crippen molar-refractivity contribution in [3.63, 3.8) is 0 Å². The number of rotatable bonds is 0. The average molecular weight is 185 g/mol. The lowest BCUT2D eigenvalue weighted by Crippen LogP contribution is -2.12. The predicted molar refractivity (Wildman–Crippen MR) is 53.2 cm³/mol. The number of Topliss-reactive ketones (excluding diaryl/α,β-unsaturated/α-hetero) is 1. The van der Waals surface area contributed by atoms with E-state index >= 15 is 0 Å². The van der Waals surface area contributed by atoms with E-state index in [1.54, 1.807) is 6.07 Å². The quantitative estimate of drug-likeness (QED) is 0.622. The maximum Gasteiger partial charge on any atom is 0.163 e. The molecular weight excluding hydrogens is 174 g/mol. The van der Waals surface area contributed by atoms with Crippen molar-refractivity contribution in [3.8, 4) is 6.07 Å². The number of hydrogen-bond acceptors (Lipinski definition) is 2. The maximum atomic E-state index is 11.6. The standard InChI is InChI=1S/C12H11NO/c1-8-5-9(7-13)6-11-10(8)3-2-4-12(11)14/h5-6H,2-4H2,1H3. The summed E-state index contributed by atoms with van der Waals surface area (Å²) < 4.78 is 0. The van der Waals surface area contributed by atoms with Crippen LogP contribution in [0.2, 0.25) is 0 Å². The highest BCUT2D eigenvalue weighted by Gasteiger charge is 2.19. The van der Waals surface area contributed by atoms with Gasteiger partial charge in [-0.05, 0) is 43.0 Å². The van der Waals surface area contributed by atoms with Gasteiger partial charge in [0.1, 0.15) is 0 Å². The van der Waals surface area contributed by atoms with E-state index < -0.39 is 0 Å². The van der Waals surface area contributed by atoms with Crippen molar-refractivity contribution in [2.45, 2.75) is 26.2 Å². The van der Waals surface area contributed by atoms with E-state index in [2.05, 4.69) is 6.07 Å². The molecule has 0 N–H and O–H groups in total. The van der Waals surface area contributed by atoms with Crippen molar-refractivity contribution in [2.75, 3.05) is 0 Å². The largest absolute Gasteiger partial charge is 0.294 e. The fraction of sp³-hybridized carbons (Fsp3) is 0.333. The van der Waals surface area contributed by atoms with Crippen LogP contribution in [0.15, 0.2) is 12.1 Å². The van der Waals surface area contributed by atoms with Gasteiger partial charge in [-0.25, -0.2) is 0 Å². The maximum absolute atomic E-state index is 11.6. The fourth-order valence-corrected chi connectivity index (χ4v) is 2.02. The molecular formula is C12H11NO. The van der Waals surface area contributed by atoms with Gasteiger partial charge in [0.15, 0.2) is 5.78 Å². The zero-order valence-electron chi connectivity index (χ0n) is 8.13. The van der Waals surface area contributed by atoms with Crippen LogP contribution >= 0.6 is 0 Å². The van der Waals surface area contributed by atoms with E-state index in [4.69, 9.17) is 5.26 Å². The fourth-order valence-electron chi connectivity index (χ4n) is 2.02. The number of carbonyl (C=O) groups excluding carboxylic acids is 1. The molecule has 2 nitrogen and oxygen atoms in total. The van der Waals surface area contributed by atoms with E-state index in [9.17, 15) is 4.79 Å². The second kappa shape index (κ2) is 3.26. The number of fused-ring (bicyclic) bond motifs is 1. The molecule has 2 rings (SSSR count). The van der Waals surface area contributed by atoms with Crippen LogP contribution < -0.4 is 0 Å². The highest BCUT2D eigenvalue weighted by Crippen LogP contribution is 2.25. The van der Waals surface area contributed by atoms with Gasteiger partial charge in [-0.15, -0.1) is 0 Å². The average Bonchev–Trinajstić information content (AvgIpc) is 2.19. The first-order valence-electron chi connectivity index (χ1n) is 4.79. The minimum absolute atomic E-state index is 0.187. The molecule has 0 radical (unpaired) electrons. The van der Waals surface area contributed by atoms with Gasteiger partial charge in [0.2, 0.25) is 0 Å². The molecule has 0 bridgehead atoms. The third kappa shape index (κ3) is 1.31. The molecule has 1 aliphatic carbocycles. The minimum atomic E-state index is 0.187. The van der Waals surface area contributed by atoms with Crippen molar-refractivity contribution >= 4 is 5.78 Å². The molecule has 0 aliphatic heterocycles. The van der Waals surface area contributed by atoms with Crippen LogP contribution in [-0.2, 0) is 6.42 Å². The van der Waals surface area contributed by atoms with Crippen molar-refractivity contribution < 1.29 is 4.79 Å². The van der Waals surface area contributed by atoms with Crippen LogP contribution in [-0.4, -0.2) is 5.78 Å². The molecule has 0 spiro atoms. The Hall–Kier alpha value is -1.62. The Morgan fingerprint density at radius 2 is 2.14 bits per heavy atom. The molecule has 0 atom stereocenters. The number of carbonyl (C=O) groups is 1. The first-order valence-corrected chi connectivity index (χ1v) is 4.79. The highest BCUT2D eigenvalue weighted by molar-refractivity contribution is 5.99. The van der Waals surface area contributed by atoms with Crippen molar-refractivity contribution in [1.29, 1.82) is 5.26 Å². The molecule has 2 heteroatoms. The van der Waals surface area contributed by atoms with E-state index in [1.165, 1.54) is 0 Å². The molecule has 0 saturated heterocycles. The summed E-state index contributed by atoms with van der Waals surface area (Å²) in [5, 5.41) is 8.79. The normalized spacial score (nSPS) is 14.7. The number of ketones is 1. The van der Waals surface area contributed by atoms with Crippen LogP contribution in [0.1, 0.15) is 39.9 Å². The molecule has 1 aromatic carbocycles. The van der Waals surface area contributed by atoms with E-state index in [0.29, 0.717) is 12.0 Å². The highest BCUT2D eigenvalue weighted by atomic mass is 16.1. The van der Waals surface area contributed by atoms with Gasteiger partial charge in [-0.3, -0.25) is 4.79 Å². The second-order valence-corrected chi connectivity index (χ2v) is 3.71. The lowest BCUT2D eigenvalue weighted by atomic mass is 9.86. The van der Waals surface area contributed by atoms with Crippen molar-refractivity contribution in [3.05, 3.63) is 34.4 Å². The van der Waals surface area contributed by atoms with Gasteiger partial charge in [-0.2, -0.15) is 5.26 Å². The summed E-state index contributed by atoms with van der Waals surface area (Å²) in [4.78, 5) is 11.6. The molecule has 0 amide bonds. The number of benzene rings is 1. The van der Waals surface area contributed by atoms with E-state index in [-0.39, 0.29) is 5.78 Å². The molecule has 70 valence electrons. The Bertz CT molecular complexity index is 440. The zero-order chi connectivity index (χ0) is 10.1. The number of nitrogens with zero attached hydrogens (tertiary/aromatic N) is 1. The summed E-state index contributed by atoms with van der Waals surface area (Å²) in [5.74, 6) is 0.187. The Kier molecular flexibility index (Phi) is 2.09. The summed E-state index contributed by atoms with van der Waals surface area (Å²) in [6.07, 6.45) is 2.54. The summed E-state index contributed by atoms with van der Waals surface area (Å²) in [5.41, 5.74) is 3.58. The third-order valence-corrected chi connectivity index (χ3v) is 2.73. The Balaban J connectivity index is 2.64. The van der Waals surface area contributed by atoms with Gasteiger partial charge in [0, 0.05) is 12.0 Å². The number of hydrogen-bond donors (Lipinski definition) is 0. The van der Waals surface area contributed by atoms with Crippen molar-refractivity contribution in [1.82, 2.24) is 0 Å². The van der Waals surface area contributed by atoms with Gasteiger partial charge < -0.3 is 0 Å². The van der Waals surface area contributed by atoms with Crippen LogP contribution in [0.4, 0.5) is 0 Å². The van der Waals surface area contributed by atoms with E-state index in [0.717, 1.165) is 29.5 Å². The molecule has 1 aliphatic rings. The van der Waals surface area contributed by atoms with Crippen LogP contribution in [0, 0.1) is 18.3 Å². The number of nitriles is 1. The molecule has 0 fully saturated rings. The van der Waals surface area contributed by atoms with Gasteiger partial charge in [0.05, 0.1) is 11.6 Å². The summed E-state index contributed by atoms with van der Waals surface area (Å²) in [7, 11) is 0. The van der Waals surface area contributed by atoms with Crippen LogP contribution in [0.25, 0.3) is 0 Å². The smallest absolute Gasteiger partial charge is 0.163 e. The van der Waals surface area contributed by atoms with Crippen molar-refractivity contribution in [2.24, 2.45) is 0 Å². The van der Waals surface area contributed by atoms with E-state index in [1.807, 2.05) is 13.0 Å². The topological polar surface area (TPSA) is 40.9 Å². The van der Waals surface area contributed by atoms with Gasteiger partial charge >= 0.3 is 0 Å². The van der Waals surface area contributed by atoms with Crippen LogP contribution in [0.5, 0.6) is 0 Å². The van der Waals surface area contributed by atoms with Crippen LogP contribution in [0.3, 0.4) is 0 Å². The lowest BCUT2D eigenvalue weighted by molar-refractivity contribution is 0.0972. The summed E-state index contributed by atoms with van der Waals surface area (Å²) in [6.45, 7) is 1.97. The number of aryl methyl sites for hydroxylation is 1. The first-order chi connectivity index (χ1) is 6.72. The molecule has 1 aromatic rings. The molecule has 14 heavy (non-hydrogen) atoms. The molecule has 0 heterocycles. The monoisotopic (exact) mass is 185 g/mol. The first kappa shape index (κ1) is 8.96. The second-order valence-electron chi connectivity index (χ2n) is 3.71. The summed E-state index contributed by atoms with van der Waals surface area (Å²) >= 11 is 0.